The molecule has 0 saturated carbocycles. The summed E-state index contributed by atoms with van der Waals surface area (Å²) in [6, 6.07) is 4.10. The molecule has 1 saturated heterocycles. The summed E-state index contributed by atoms with van der Waals surface area (Å²) in [5, 5.41) is 11.4. The summed E-state index contributed by atoms with van der Waals surface area (Å²) in [5.41, 5.74) is 6.29. The van der Waals surface area contributed by atoms with E-state index in [0.29, 0.717) is 18.9 Å². The van der Waals surface area contributed by atoms with Gasteiger partial charge < -0.3 is 25.6 Å². The number of aromatic carboxylic acids is 1. The van der Waals surface area contributed by atoms with Crippen LogP contribution in [0.15, 0.2) is 18.2 Å². The number of hydrogen-bond donors (Lipinski definition) is 3. The number of anilines is 2. The van der Waals surface area contributed by atoms with Crippen molar-refractivity contribution >= 4 is 23.3 Å². The maximum Gasteiger partial charge on any atom is 0.335 e. The molecule has 0 aromatic heterocycles. The van der Waals surface area contributed by atoms with Crippen molar-refractivity contribution in [1.82, 2.24) is 0 Å². The molecule has 1 atom stereocenters. The largest absolute Gasteiger partial charge is 0.478 e. The van der Waals surface area contributed by atoms with Crippen LogP contribution in [0, 0.1) is 0 Å². The molecular weight excluding hydrogens is 252 g/mol. The maximum atomic E-state index is 11.9. The van der Waals surface area contributed by atoms with E-state index < -0.39 is 12.1 Å². The minimum Gasteiger partial charge on any atom is -0.478 e. The predicted molar refractivity (Wildman–Crippen MR) is 67.0 cm³/mol. The molecule has 0 spiro atoms. The third kappa shape index (κ3) is 3.21. The molecule has 7 heteroatoms. The fraction of sp³-hybridized carbons (Fsp3) is 0.333. The predicted octanol–water partition coefficient (Wildman–Crippen LogP) is 0.321. The molecule has 7 nitrogen and oxygen atoms in total. The highest BCUT2D eigenvalue weighted by atomic mass is 16.6. The number of benzene rings is 1. The highest BCUT2D eigenvalue weighted by molar-refractivity contribution is 5.98. The number of nitrogens with two attached hydrogens (primary N) is 1. The van der Waals surface area contributed by atoms with Gasteiger partial charge in [0.05, 0.1) is 36.8 Å². The number of amides is 1. The molecule has 1 amide bonds. The Bertz CT molecular complexity index is 497. The average molecular weight is 266 g/mol. The van der Waals surface area contributed by atoms with E-state index >= 15 is 0 Å². The lowest BCUT2D eigenvalue weighted by Crippen LogP contribution is -2.39. The molecule has 1 aliphatic rings. The number of hydrogen-bond acceptors (Lipinski definition) is 5. The number of carboxylic acid groups (broad SMARTS) is 1. The molecule has 102 valence electrons. The van der Waals surface area contributed by atoms with Crippen LogP contribution in [0.5, 0.6) is 0 Å². The second kappa shape index (κ2) is 5.68. The number of nitrogen functional groups attached to an aromatic ring is 1. The Balaban J connectivity index is 2.06. The molecule has 1 aromatic carbocycles. The molecule has 1 aromatic rings. The van der Waals surface area contributed by atoms with Crippen LogP contribution in [0.4, 0.5) is 11.4 Å². The Morgan fingerprint density at radius 2 is 2.16 bits per heavy atom. The first-order valence-corrected chi connectivity index (χ1v) is 5.71. The molecule has 0 radical (unpaired) electrons. The summed E-state index contributed by atoms with van der Waals surface area (Å²) in [5.74, 6) is -1.44. The van der Waals surface area contributed by atoms with Gasteiger partial charge in [0.25, 0.3) is 5.91 Å². The number of carboxylic acids is 1. The smallest absolute Gasteiger partial charge is 0.335 e. The van der Waals surface area contributed by atoms with Gasteiger partial charge in [-0.15, -0.1) is 0 Å². The lowest BCUT2D eigenvalue weighted by atomic mass is 10.1. The van der Waals surface area contributed by atoms with Gasteiger partial charge in [-0.05, 0) is 18.2 Å². The van der Waals surface area contributed by atoms with Crippen molar-refractivity contribution in [3.05, 3.63) is 23.8 Å². The second-order valence-electron chi connectivity index (χ2n) is 4.03. The number of carbonyl (C=O) groups is 2. The Hall–Kier alpha value is -2.12. The molecular formula is C12H14N2O5. The van der Waals surface area contributed by atoms with Crippen molar-refractivity contribution in [3.8, 4) is 0 Å². The van der Waals surface area contributed by atoms with Crippen molar-refractivity contribution < 1.29 is 24.2 Å². The van der Waals surface area contributed by atoms with Crippen LogP contribution in [0.25, 0.3) is 0 Å². The van der Waals surface area contributed by atoms with Gasteiger partial charge in [0, 0.05) is 0 Å². The van der Waals surface area contributed by atoms with Gasteiger partial charge in [-0.2, -0.15) is 0 Å². The first-order chi connectivity index (χ1) is 9.08. The molecule has 1 heterocycles. The number of rotatable bonds is 3. The van der Waals surface area contributed by atoms with E-state index in [-0.39, 0.29) is 23.8 Å². The van der Waals surface area contributed by atoms with Crippen molar-refractivity contribution in [3.63, 3.8) is 0 Å². The van der Waals surface area contributed by atoms with Crippen LogP contribution in [0.1, 0.15) is 10.4 Å². The highest BCUT2D eigenvalue weighted by Gasteiger charge is 2.23. The van der Waals surface area contributed by atoms with E-state index in [1.165, 1.54) is 18.2 Å². The van der Waals surface area contributed by atoms with Crippen molar-refractivity contribution in [2.75, 3.05) is 30.9 Å². The summed E-state index contributed by atoms with van der Waals surface area (Å²) in [6.07, 6.45) is -0.674. The fourth-order valence-corrected chi connectivity index (χ4v) is 1.66. The zero-order valence-electron chi connectivity index (χ0n) is 10.1. The van der Waals surface area contributed by atoms with Crippen molar-refractivity contribution in [2.45, 2.75) is 6.10 Å². The second-order valence-corrected chi connectivity index (χ2v) is 4.03. The quantitative estimate of drug-likeness (QED) is 0.679. The fourth-order valence-electron chi connectivity index (χ4n) is 1.66. The van der Waals surface area contributed by atoms with Gasteiger partial charge in [-0.3, -0.25) is 4.79 Å². The molecule has 19 heavy (non-hydrogen) atoms. The molecule has 4 N–H and O–H groups in total. The zero-order valence-corrected chi connectivity index (χ0v) is 10.1. The maximum absolute atomic E-state index is 11.9. The average Bonchev–Trinajstić information content (AvgIpc) is 2.41. The molecule has 2 rings (SSSR count). The van der Waals surface area contributed by atoms with E-state index in [0.717, 1.165) is 0 Å². The summed E-state index contributed by atoms with van der Waals surface area (Å²) < 4.78 is 10.4. The first-order valence-electron chi connectivity index (χ1n) is 5.71. The Labute approximate surface area is 109 Å². The SMILES string of the molecule is Nc1cc(C(=O)O)ccc1NC(=O)C1COCCO1. The van der Waals surface area contributed by atoms with Crippen molar-refractivity contribution in [1.29, 1.82) is 0 Å². The van der Waals surface area contributed by atoms with E-state index in [9.17, 15) is 9.59 Å². The molecule has 1 unspecified atom stereocenters. The van der Waals surface area contributed by atoms with Crippen molar-refractivity contribution in [2.24, 2.45) is 0 Å². The van der Waals surface area contributed by atoms with E-state index in [4.69, 9.17) is 20.3 Å². The normalized spacial score (nSPS) is 18.8. The van der Waals surface area contributed by atoms with Crippen LogP contribution in [0.2, 0.25) is 0 Å². The van der Waals surface area contributed by atoms with Crippen LogP contribution < -0.4 is 11.1 Å². The monoisotopic (exact) mass is 266 g/mol. The molecule has 0 aliphatic carbocycles. The van der Waals surface area contributed by atoms with Gasteiger partial charge >= 0.3 is 5.97 Å². The van der Waals surface area contributed by atoms with E-state index in [1.807, 2.05) is 0 Å². The third-order valence-corrected chi connectivity index (χ3v) is 2.66. The Morgan fingerprint density at radius 3 is 2.74 bits per heavy atom. The van der Waals surface area contributed by atoms with Gasteiger partial charge in [0.2, 0.25) is 0 Å². The Morgan fingerprint density at radius 1 is 1.37 bits per heavy atom. The third-order valence-electron chi connectivity index (χ3n) is 2.66. The summed E-state index contributed by atoms with van der Waals surface area (Å²) in [4.78, 5) is 22.6. The van der Waals surface area contributed by atoms with Gasteiger partial charge in [-0.1, -0.05) is 0 Å². The minimum absolute atomic E-state index is 0.0627. The van der Waals surface area contributed by atoms with Gasteiger partial charge in [0.1, 0.15) is 0 Å². The summed E-state index contributed by atoms with van der Waals surface area (Å²) >= 11 is 0. The lowest BCUT2D eigenvalue weighted by Gasteiger charge is -2.22. The standard InChI is InChI=1S/C12H14N2O5/c13-8-5-7(12(16)17)1-2-9(8)14-11(15)10-6-18-3-4-19-10/h1-2,5,10H,3-4,6,13H2,(H,14,15)(H,16,17). The molecule has 0 bridgehead atoms. The van der Waals surface area contributed by atoms with Crippen LogP contribution >= 0.6 is 0 Å². The first kappa shape index (κ1) is 13.3. The van der Waals surface area contributed by atoms with Crippen LogP contribution in [-0.2, 0) is 14.3 Å². The minimum atomic E-state index is -1.08. The van der Waals surface area contributed by atoms with E-state index in [2.05, 4.69) is 5.32 Å². The van der Waals surface area contributed by atoms with Gasteiger partial charge in [-0.25, -0.2) is 4.79 Å². The number of ether oxygens (including phenoxy) is 2. The number of nitrogens with one attached hydrogen (secondary N) is 1. The summed E-state index contributed by atoms with van der Waals surface area (Å²) in [7, 11) is 0. The lowest BCUT2D eigenvalue weighted by molar-refractivity contribution is -0.142. The topological polar surface area (TPSA) is 111 Å². The molecule has 1 aliphatic heterocycles. The zero-order chi connectivity index (χ0) is 13.8. The van der Waals surface area contributed by atoms with E-state index in [1.54, 1.807) is 0 Å². The Kier molecular flexibility index (Phi) is 3.98. The molecule has 1 fully saturated rings. The number of carbonyl (C=O) groups excluding carboxylic acids is 1. The highest BCUT2D eigenvalue weighted by Crippen LogP contribution is 2.20. The van der Waals surface area contributed by atoms with Crippen LogP contribution in [0.3, 0.4) is 0 Å². The van der Waals surface area contributed by atoms with Crippen LogP contribution in [-0.4, -0.2) is 42.9 Å². The summed E-state index contributed by atoms with van der Waals surface area (Å²) in [6.45, 7) is 1.03. The van der Waals surface area contributed by atoms with Gasteiger partial charge in [0.15, 0.2) is 6.10 Å².